The van der Waals surface area contributed by atoms with Gasteiger partial charge in [-0.2, -0.15) is 0 Å². The number of nitrogens with two attached hydrogens (primary N) is 1. The number of piperidine rings is 1. The van der Waals surface area contributed by atoms with Gasteiger partial charge in [0, 0.05) is 24.5 Å². The molecule has 106 valence electrons. The number of hydrogen-bond donors (Lipinski definition) is 1. The lowest BCUT2D eigenvalue weighted by atomic mass is 9.90. The fourth-order valence-electron chi connectivity index (χ4n) is 2.25. The Morgan fingerprint density at radius 3 is 2.74 bits per heavy atom. The van der Waals surface area contributed by atoms with E-state index in [4.69, 9.17) is 5.73 Å². The lowest BCUT2D eigenvalue weighted by Crippen LogP contribution is -2.49. The molecule has 1 saturated heterocycles. The van der Waals surface area contributed by atoms with Crippen LogP contribution in [-0.2, 0) is 5.41 Å². The third kappa shape index (κ3) is 2.95. The molecule has 2 rings (SSSR count). The van der Waals surface area contributed by atoms with Gasteiger partial charge >= 0.3 is 0 Å². The molecule has 1 aliphatic rings. The van der Waals surface area contributed by atoms with Crippen molar-refractivity contribution < 1.29 is 4.79 Å². The van der Waals surface area contributed by atoms with E-state index in [-0.39, 0.29) is 17.4 Å². The quantitative estimate of drug-likeness (QED) is 0.850. The first-order valence-corrected chi connectivity index (χ1v) is 7.45. The minimum absolute atomic E-state index is 0.0299. The smallest absolute Gasteiger partial charge is 0.267 e. The van der Waals surface area contributed by atoms with Crippen molar-refractivity contribution in [1.29, 1.82) is 0 Å². The molecule has 2 atom stereocenters. The van der Waals surface area contributed by atoms with Crippen LogP contribution < -0.4 is 5.73 Å². The van der Waals surface area contributed by atoms with E-state index < -0.39 is 0 Å². The molecule has 0 radical (unpaired) electrons. The molecule has 1 amide bonds. The molecular formula is C13H22N4OS. The molecular weight excluding hydrogens is 260 g/mol. The summed E-state index contributed by atoms with van der Waals surface area (Å²) in [5.74, 6) is 0.507. The molecule has 6 heteroatoms. The Labute approximate surface area is 118 Å². The normalized spacial score (nSPS) is 24.6. The van der Waals surface area contributed by atoms with Gasteiger partial charge in [0.1, 0.15) is 4.88 Å². The summed E-state index contributed by atoms with van der Waals surface area (Å²) >= 11 is 1.19. The number of hydrogen-bond acceptors (Lipinski definition) is 5. The summed E-state index contributed by atoms with van der Waals surface area (Å²) in [5.41, 5.74) is 6.69. The third-order valence-corrected chi connectivity index (χ3v) is 4.41. The van der Waals surface area contributed by atoms with Crippen molar-refractivity contribution in [2.24, 2.45) is 11.7 Å². The van der Waals surface area contributed by atoms with Crippen LogP contribution >= 0.6 is 11.5 Å². The highest BCUT2D eigenvalue weighted by Gasteiger charge is 2.32. The number of rotatable bonds is 1. The summed E-state index contributed by atoms with van der Waals surface area (Å²) in [6.45, 7) is 9.68. The topological polar surface area (TPSA) is 72.1 Å². The Hall–Kier alpha value is -1.01. The van der Waals surface area contributed by atoms with Crippen LogP contribution in [0.2, 0.25) is 0 Å². The zero-order valence-corrected chi connectivity index (χ0v) is 12.8. The molecule has 2 unspecified atom stereocenters. The van der Waals surface area contributed by atoms with Crippen molar-refractivity contribution in [3.63, 3.8) is 0 Å². The van der Waals surface area contributed by atoms with Crippen molar-refractivity contribution in [3.05, 3.63) is 10.6 Å². The number of likely N-dealkylation sites (tertiary alicyclic amines) is 1. The first-order chi connectivity index (χ1) is 8.80. The zero-order chi connectivity index (χ0) is 14.2. The standard InChI is InChI=1S/C13H22N4OS/c1-8-5-6-17(7-9(8)14)12(18)10-11(13(2,3)4)15-16-19-10/h8-9H,5-7,14H2,1-4H3. The maximum absolute atomic E-state index is 12.6. The minimum atomic E-state index is -0.164. The van der Waals surface area contributed by atoms with Gasteiger partial charge in [0.2, 0.25) is 0 Å². The zero-order valence-electron chi connectivity index (χ0n) is 12.0. The fourth-order valence-corrected chi connectivity index (χ4v) is 3.09. The second-order valence-corrected chi connectivity index (χ2v) is 7.14. The molecule has 2 heterocycles. The SMILES string of the molecule is CC1CCN(C(=O)c2snnc2C(C)(C)C)CC1N. The van der Waals surface area contributed by atoms with Crippen molar-refractivity contribution in [2.45, 2.75) is 45.6 Å². The van der Waals surface area contributed by atoms with E-state index in [2.05, 4.69) is 16.5 Å². The summed E-state index contributed by atoms with van der Waals surface area (Å²) in [6, 6.07) is 0.0664. The highest BCUT2D eigenvalue weighted by molar-refractivity contribution is 7.08. The molecule has 1 aromatic heterocycles. The third-order valence-electron chi connectivity index (χ3n) is 3.70. The van der Waals surface area contributed by atoms with E-state index in [0.29, 0.717) is 17.3 Å². The van der Waals surface area contributed by atoms with Crippen molar-refractivity contribution >= 4 is 17.4 Å². The van der Waals surface area contributed by atoms with Gasteiger partial charge in [0.25, 0.3) is 5.91 Å². The van der Waals surface area contributed by atoms with Gasteiger partial charge in [0.15, 0.2) is 0 Å². The van der Waals surface area contributed by atoms with Gasteiger partial charge in [0.05, 0.1) is 5.69 Å². The monoisotopic (exact) mass is 282 g/mol. The van der Waals surface area contributed by atoms with Gasteiger partial charge in [-0.25, -0.2) is 0 Å². The molecule has 0 spiro atoms. The molecule has 2 N–H and O–H groups in total. The number of carbonyl (C=O) groups excluding carboxylic acids is 1. The Bertz CT molecular complexity index is 465. The summed E-state index contributed by atoms with van der Waals surface area (Å²) < 4.78 is 3.95. The van der Waals surface area contributed by atoms with Crippen LogP contribution in [0.5, 0.6) is 0 Å². The molecule has 5 nitrogen and oxygen atoms in total. The number of nitrogens with zero attached hydrogens (tertiary/aromatic N) is 3. The molecule has 0 aromatic carbocycles. The first-order valence-electron chi connectivity index (χ1n) is 6.68. The largest absolute Gasteiger partial charge is 0.336 e. The second kappa shape index (κ2) is 5.17. The molecule has 0 saturated carbocycles. The Kier molecular flexibility index (Phi) is 3.92. The highest BCUT2D eigenvalue weighted by atomic mass is 32.1. The molecule has 1 fully saturated rings. The Morgan fingerprint density at radius 1 is 1.47 bits per heavy atom. The maximum atomic E-state index is 12.6. The van der Waals surface area contributed by atoms with Crippen molar-refractivity contribution in [2.75, 3.05) is 13.1 Å². The minimum Gasteiger partial charge on any atom is -0.336 e. The summed E-state index contributed by atoms with van der Waals surface area (Å²) in [6.07, 6.45) is 0.962. The van der Waals surface area contributed by atoms with E-state index >= 15 is 0 Å². The summed E-state index contributed by atoms with van der Waals surface area (Å²) in [4.78, 5) is 15.1. The number of carbonyl (C=O) groups is 1. The van der Waals surface area contributed by atoms with E-state index in [1.165, 1.54) is 11.5 Å². The molecule has 0 bridgehead atoms. The van der Waals surface area contributed by atoms with E-state index in [1.54, 1.807) is 0 Å². The first kappa shape index (κ1) is 14.4. The van der Waals surface area contributed by atoms with Crippen LogP contribution in [0.15, 0.2) is 0 Å². The van der Waals surface area contributed by atoms with Gasteiger partial charge in [-0.1, -0.05) is 32.2 Å². The summed E-state index contributed by atoms with van der Waals surface area (Å²) in [7, 11) is 0. The average molecular weight is 282 g/mol. The van der Waals surface area contributed by atoms with Gasteiger partial charge < -0.3 is 10.6 Å². The van der Waals surface area contributed by atoms with Crippen LogP contribution in [-0.4, -0.2) is 39.5 Å². The van der Waals surface area contributed by atoms with E-state index in [1.807, 2.05) is 25.7 Å². The lowest BCUT2D eigenvalue weighted by molar-refractivity contribution is 0.0674. The Morgan fingerprint density at radius 2 is 2.16 bits per heavy atom. The van der Waals surface area contributed by atoms with E-state index in [9.17, 15) is 4.79 Å². The van der Waals surface area contributed by atoms with Crippen LogP contribution in [0.3, 0.4) is 0 Å². The maximum Gasteiger partial charge on any atom is 0.267 e. The molecule has 0 aliphatic carbocycles. The van der Waals surface area contributed by atoms with Crippen LogP contribution in [0.4, 0.5) is 0 Å². The molecule has 19 heavy (non-hydrogen) atoms. The lowest BCUT2D eigenvalue weighted by Gasteiger charge is -2.35. The van der Waals surface area contributed by atoms with Gasteiger partial charge in [-0.3, -0.25) is 4.79 Å². The van der Waals surface area contributed by atoms with Gasteiger partial charge in [-0.15, -0.1) is 5.10 Å². The fraction of sp³-hybridized carbons (Fsp3) is 0.769. The second-order valence-electron chi connectivity index (χ2n) is 6.38. The van der Waals surface area contributed by atoms with Crippen LogP contribution in [0.25, 0.3) is 0 Å². The number of aromatic nitrogens is 2. The van der Waals surface area contributed by atoms with Gasteiger partial charge in [-0.05, 0) is 23.9 Å². The van der Waals surface area contributed by atoms with E-state index in [0.717, 1.165) is 18.7 Å². The molecule has 1 aliphatic heterocycles. The predicted molar refractivity (Wildman–Crippen MR) is 76.3 cm³/mol. The number of amides is 1. The highest BCUT2D eigenvalue weighted by Crippen LogP contribution is 2.28. The van der Waals surface area contributed by atoms with Crippen LogP contribution in [0, 0.1) is 5.92 Å². The predicted octanol–water partition coefficient (Wildman–Crippen LogP) is 1.64. The average Bonchev–Trinajstić information content (AvgIpc) is 2.80. The van der Waals surface area contributed by atoms with Crippen LogP contribution in [0.1, 0.15) is 49.5 Å². The molecule has 1 aromatic rings. The van der Waals surface area contributed by atoms with Crippen molar-refractivity contribution in [3.8, 4) is 0 Å². The summed E-state index contributed by atoms with van der Waals surface area (Å²) in [5, 5.41) is 4.13. The van der Waals surface area contributed by atoms with Crippen molar-refractivity contribution in [1.82, 2.24) is 14.5 Å². The Balaban J connectivity index is 2.19.